The number of Topliss-reactive ketones (excluding diaryl/α,β-unsaturated/α-hetero) is 1. The standard InChI is InChI=1S/C23H30O5/c1-13(24)23(12-20(27)28)9-7-17-15-5-4-14-10-18(25)19(26)11-21(14,2)16(15)6-8-22(17,23)3/h10-11,15-17,26H,4-9,12H2,1-3H3,(H,27,28)/t15-,16+,17+,21+,22+,23+/m1/s1. The third-order valence-electron chi connectivity index (χ3n) is 9.13. The highest BCUT2D eigenvalue weighted by atomic mass is 16.4. The van der Waals surface area contributed by atoms with E-state index in [2.05, 4.69) is 13.8 Å². The highest BCUT2D eigenvalue weighted by Crippen LogP contribution is 2.70. The second-order valence-electron chi connectivity index (χ2n) is 9.97. The van der Waals surface area contributed by atoms with Crippen LogP contribution in [0.1, 0.15) is 65.7 Å². The summed E-state index contributed by atoms with van der Waals surface area (Å²) in [6.07, 6.45) is 8.33. The number of allylic oxidation sites excluding steroid dienone is 3. The Morgan fingerprint density at radius 2 is 1.82 bits per heavy atom. The summed E-state index contributed by atoms with van der Waals surface area (Å²) in [5.74, 6) is -0.330. The second kappa shape index (κ2) is 6.04. The van der Waals surface area contributed by atoms with Crippen molar-refractivity contribution in [2.75, 3.05) is 0 Å². The number of aliphatic hydroxyl groups is 1. The van der Waals surface area contributed by atoms with Gasteiger partial charge in [0.1, 0.15) is 5.78 Å². The number of fused-ring (bicyclic) bond motifs is 5. The zero-order valence-corrected chi connectivity index (χ0v) is 17.0. The molecule has 6 atom stereocenters. The Hall–Kier alpha value is -1.91. The number of carboxylic acid groups (broad SMARTS) is 1. The van der Waals surface area contributed by atoms with E-state index < -0.39 is 11.4 Å². The van der Waals surface area contributed by atoms with Crippen LogP contribution in [0, 0.1) is 34.0 Å². The monoisotopic (exact) mass is 386 g/mol. The second-order valence-corrected chi connectivity index (χ2v) is 9.97. The molecule has 0 radical (unpaired) electrons. The molecule has 0 aromatic rings. The van der Waals surface area contributed by atoms with Gasteiger partial charge < -0.3 is 10.2 Å². The normalized spacial score (nSPS) is 44.7. The van der Waals surface area contributed by atoms with Gasteiger partial charge in [0.2, 0.25) is 5.78 Å². The smallest absolute Gasteiger partial charge is 0.304 e. The fourth-order valence-electron chi connectivity index (χ4n) is 7.66. The highest BCUT2D eigenvalue weighted by molar-refractivity contribution is 6.04. The summed E-state index contributed by atoms with van der Waals surface area (Å²) in [6.45, 7) is 5.85. The molecule has 5 heteroatoms. The van der Waals surface area contributed by atoms with Crippen molar-refractivity contribution in [2.24, 2.45) is 34.0 Å². The van der Waals surface area contributed by atoms with Gasteiger partial charge in [-0.3, -0.25) is 14.4 Å². The van der Waals surface area contributed by atoms with Gasteiger partial charge in [-0.2, -0.15) is 0 Å². The molecule has 152 valence electrons. The number of carbonyl (C=O) groups is 3. The third kappa shape index (κ3) is 2.34. The van der Waals surface area contributed by atoms with Crippen LogP contribution in [-0.4, -0.2) is 27.7 Å². The van der Waals surface area contributed by atoms with E-state index in [4.69, 9.17) is 0 Å². The molecule has 3 fully saturated rings. The van der Waals surface area contributed by atoms with Crippen LogP contribution < -0.4 is 0 Å². The highest BCUT2D eigenvalue weighted by Gasteiger charge is 2.66. The molecule has 4 aliphatic carbocycles. The lowest BCUT2D eigenvalue weighted by atomic mass is 9.45. The summed E-state index contributed by atoms with van der Waals surface area (Å²) in [5, 5.41) is 19.7. The number of rotatable bonds is 3. The van der Waals surface area contributed by atoms with Gasteiger partial charge >= 0.3 is 5.97 Å². The van der Waals surface area contributed by atoms with Crippen molar-refractivity contribution in [1.82, 2.24) is 0 Å². The van der Waals surface area contributed by atoms with E-state index in [-0.39, 0.29) is 34.6 Å². The van der Waals surface area contributed by atoms with E-state index in [0.717, 1.165) is 37.7 Å². The lowest BCUT2D eigenvalue weighted by molar-refractivity contribution is -0.154. The summed E-state index contributed by atoms with van der Waals surface area (Å²) in [5.41, 5.74) is -0.282. The fraction of sp³-hybridized carbons (Fsp3) is 0.696. The van der Waals surface area contributed by atoms with Crippen LogP contribution in [0.5, 0.6) is 0 Å². The van der Waals surface area contributed by atoms with E-state index in [0.29, 0.717) is 24.2 Å². The van der Waals surface area contributed by atoms with Gasteiger partial charge in [0.25, 0.3) is 0 Å². The minimum Gasteiger partial charge on any atom is -0.504 e. The molecule has 4 aliphatic rings. The van der Waals surface area contributed by atoms with Crippen molar-refractivity contribution in [3.05, 3.63) is 23.5 Å². The van der Waals surface area contributed by atoms with Gasteiger partial charge in [-0.25, -0.2) is 0 Å². The first-order valence-corrected chi connectivity index (χ1v) is 10.5. The topological polar surface area (TPSA) is 91.7 Å². The van der Waals surface area contributed by atoms with Crippen molar-refractivity contribution >= 4 is 17.5 Å². The number of aliphatic hydroxyl groups excluding tert-OH is 1. The molecular formula is C23H30O5. The Balaban J connectivity index is 1.73. The van der Waals surface area contributed by atoms with E-state index in [1.54, 1.807) is 19.1 Å². The summed E-state index contributed by atoms with van der Waals surface area (Å²) < 4.78 is 0. The van der Waals surface area contributed by atoms with Gasteiger partial charge in [0.05, 0.1) is 6.42 Å². The number of hydrogen-bond acceptors (Lipinski definition) is 4. The van der Waals surface area contributed by atoms with Crippen molar-refractivity contribution in [3.63, 3.8) is 0 Å². The van der Waals surface area contributed by atoms with E-state index >= 15 is 0 Å². The van der Waals surface area contributed by atoms with Crippen LogP contribution in [0.25, 0.3) is 0 Å². The number of carbonyl (C=O) groups excluding carboxylic acids is 2. The molecule has 2 N–H and O–H groups in total. The largest absolute Gasteiger partial charge is 0.504 e. The molecule has 0 heterocycles. The van der Waals surface area contributed by atoms with Crippen LogP contribution >= 0.6 is 0 Å². The Morgan fingerprint density at radius 1 is 1.14 bits per heavy atom. The maximum Gasteiger partial charge on any atom is 0.304 e. The molecule has 4 rings (SSSR count). The molecule has 0 bridgehead atoms. The summed E-state index contributed by atoms with van der Waals surface area (Å²) >= 11 is 0. The molecule has 0 spiro atoms. The van der Waals surface area contributed by atoms with E-state index in [1.165, 1.54) is 0 Å². The molecule has 0 aromatic carbocycles. The molecule has 28 heavy (non-hydrogen) atoms. The first-order valence-electron chi connectivity index (χ1n) is 10.5. The zero-order valence-electron chi connectivity index (χ0n) is 17.0. The minimum absolute atomic E-state index is 0.0155. The number of carboxylic acids is 1. The predicted octanol–water partition coefficient (Wildman–Crippen LogP) is 4.23. The summed E-state index contributed by atoms with van der Waals surface area (Å²) in [6, 6.07) is 0. The predicted molar refractivity (Wildman–Crippen MR) is 104 cm³/mol. The zero-order chi connectivity index (χ0) is 20.5. The molecule has 0 aromatic heterocycles. The van der Waals surface area contributed by atoms with Gasteiger partial charge in [0.15, 0.2) is 5.76 Å². The number of aliphatic carboxylic acids is 1. The number of hydrogen-bond donors (Lipinski definition) is 2. The van der Waals surface area contributed by atoms with Crippen LogP contribution in [-0.2, 0) is 14.4 Å². The molecule has 3 saturated carbocycles. The van der Waals surface area contributed by atoms with Gasteiger partial charge in [-0.15, -0.1) is 0 Å². The first-order chi connectivity index (χ1) is 13.0. The molecule has 5 nitrogen and oxygen atoms in total. The van der Waals surface area contributed by atoms with Crippen LogP contribution in [0.2, 0.25) is 0 Å². The number of ketones is 2. The average Bonchev–Trinajstić information content (AvgIpc) is 2.89. The van der Waals surface area contributed by atoms with Gasteiger partial charge in [-0.1, -0.05) is 19.4 Å². The molecule has 0 amide bonds. The summed E-state index contributed by atoms with van der Waals surface area (Å²) in [7, 11) is 0. The minimum atomic E-state index is -0.890. The lowest BCUT2D eigenvalue weighted by Gasteiger charge is -2.58. The Kier molecular flexibility index (Phi) is 4.19. The average molecular weight is 386 g/mol. The van der Waals surface area contributed by atoms with E-state index in [9.17, 15) is 24.6 Å². The van der Waals surface area contributed by atoms with Crippen molar-refractivity contribution in [1.29, 1.82) is 0 Å². The lowest BCUT2D eigenvalue weighted by Crippen LogP contribution is -2.54. The first kappa shape index (κ1) is 19.4. The maximum absolute atomic E-state index is 12.7. The molecule has 0 saturated heterocycles. The van der Waals surface area contributed by atoms with Gasteiger partial charge in [0, 0.05) is 10.8 Å². The van der Waals surface area contributed by atoms with Crippen molar-refractivity contribution in [2.45, 2.75) is 65.7 Å². The SMILES string of the molecule is CC(=O)[C@@]1(CC(=O)O)CC[C@H]2[C@@H]3CCC4=CC(=O)C(O)=C[C@]4(C)[C@H]3CC[C@@]21C. The van der Waals surface area contributed by atoms with Crippen LogP contribution in [0.3, 0.4) is 0 Å². The maximum atomic E-state index is 12.7. The van der Waals surface area contributed by atoms with Crippen molar-refractivity contribution < 1.29 is 24.6 Å². The third-order valence-corrected chi connectivity index (χ3v) is 9.13. The quantitative estimate of drug-likeness (QED) is 0.757. The molecular weight excluding hydrogens is 356 g/mol. The van der Waals surface area contributed by atoms with Gasteiger partial charge in [-0.05, 0) is 80.8 Å². The van der Waals surface area contributed by atoms with Crippen LogP contribution in [0.15, 0.2) is 23.5 Å². The summed E-state index contributed by atoms with van der Waals surface area (Å²) in [4.78, 5) is 36.3. The Labute approximate surface area is 165 Å². The molecule has 0 aliphatic heterocycles. The Morgan fingerprint density at radius 3 is 2.46 bits per heavy atom. The van der Waals surface area contributed by atoms with Crippen LogP contribution in [0.4, 0.5) is 0 Å². The van der Waals surface area contributed by atoms with E-state index in [1.807, 2.05) is 0 Å². The fourth-order valence-corrected chi connectivity index (χ4v) is 7.66. The molecule has 0 unspecified atom stereocenters. The Bertz CT molecular complexity index is 823. The van der Waals surface area contributed by atoms with Crippen molar-refractivity contribution in [3.8, 4) is 0 Å².